The van der Waals surface area contributed by atoms with E-state index >= 15 is 0 Å². The molecule has 2 heterocycles. The molecular formula is C18H20N6. The highest BCUT2D eigenvalue weighted by molar-refractivity contribution is 5.44. The summed E-state index contributed by atoms with van der Waals surface area (Å²) in [6, 6.07) is 12.5. The van der Waals surface area contributed by atoms with Crippen molar-refractivity contribution in [1.29, 1.82) is 0 Å². The zero-order chi connectivity index (χ0) is 16.4. The van der Waals surface area contributed by atoms with Gasteiger partial charge in [-0.05, 0) is 30.5 Å². The Morgan fingerprint density at radius 3 is 2.83 bits per heavy atom. The van der Waals surface area contributed by atoms with Crippen LogP contribution in [0, 0.1) is 0 Å². The van der Waals surface area contributed by atoms with Gasteiger partial charge in [0, 0.05) is 42.7 Å². The second-order valence-corrected chi connectivity index (χ2v) is 6.19. The molecule has 0 saturated heterocycles. The molecule has 0 unspecified atom stereocenters. The van der Waals surface area contributed by atoms with Crippen LogP contribution in [0.5, 0.6) is 0 Å². The molecule has 0 amide bonds. The summed E-state index contributed by atoms with van der Waals surface area (Å²) in [6.45, 7) is 0.677. The van der Waals surface area contributed by atoms with E-state index in [0.717, 1.165) is 35.6 Å². The normalized spacial score (nSPS) is 19.7. The fourth-order valence-electron chi connectivity index (χ4n) is 3.08. The molecule has 1 aliphatic carbocycles. The van der Waals surface area contributed by atoms with Gasteiger partial charge in [0.1, 0.15) is 12.1 Å². The Morgan fingerprint density at radius 2 is 2.04 bits per heavy atom. The van der Waals surface area contributed by atoms with Crippen molar-refractivity contribution in [2.24, 2.45) is 5.73 Å². The van der Waals surface area contributed by atoms with Crippen LogP contribution in [0.1, 0.15) is 30.0 Å². The molecule has 3 aromatic rings. The highest BCUT2D eigenvalue weighted by Crippen LogP contribution is 2.34. The molecule has 1 aliphatic rings. The van der Waals surface area contributed by atoms with E-state index in [1.54, 1.807) is 12.5 Å². The van der Waals surface area contributed by atoms with E-state index in [1.165, 1.54) is 0 Å². The van der Waals surface area contributed by atoms with E-state index in [0.29, 0.717) is 18.5 Å². The van der Waals surface area contributed by atoms with Crippen LogP contribution in [0.25, 0.3) is 5.69 Å². The Hall–Kier alpha value is -2.73. The van der Waals surface area contributed by atoms with Gasteiger partial charge in [-0.3, -0.25) is 0 Å². The van der Waals surface area contributed by atoms with Crippen molar-refractivity contribution in [2.75, 3.05) is 5.32 Å². The molecule has 1 aromatic carbocycles. The first-order valence-corrected chi connectivity index (χ1v) is 8.19. The third-order valence-corrected chi connectivity index (χ3v) is 4.48. The third-order valence-electron chi connectivity index (χ3n) is 4.48. The zero-order valence-corrected chi connectivity index (χ0v) is 13.3. The summed E-state index contributed by atoms with van der Waals surface area (Å²) in [5.41, 5.74) is 9.18. The van der Waals surface area contributed by atoms with Crippen LogP contribution in [0.15, 0.2) is 55.1 Å². The molecule has 0 spiro atoms. The molecule has 0 radical (unpaired) electrons. The molecule has 3 N–H and O–H groups in total. The maximum absolute atomic E-state index is 5.87. The van der Waals surface area contributed by atoms with Gasteiger partial charge in [0.2, 0.25) is 0 Å². The number of hydrogen-bond donors (Lipinski definition) is 2. The second-order valence-electron chi connectivity index (χ2n) is 6.19. The van der Waals surface area contributed by atoms with E-state index in [1.807, 2.05) is 35.1 Å². The van der Waals surface area contributed by atoms with Crippen LogP contribution in [0.2, 0.25) is 0 Å². The predicted molar refractivity (Wildman–Crippen MR) is 92.9 cm³/mol. The summed E-state index contributed by atoms with van der Waals surface area (Å²) in [6.07, 6.45) is 7.38. The predicted octanol–water partition coefficient (Wildman–Crippen LogP) is 2.48. The zero-order valence-electron chi connectivity index (χ0n) is 13.3. The molecule has 1 saturated carbocycles. The lowest BCUT2D eigenvalue weighted by Crippen LogP contribution is -2.35. The minimum Gasteiger partial charge on any atom is -0.366 e. The molecular weight excluding hydrogens is 300 g/mol. The number of nitrogens with one attached hydrogen (secondary N) is 1. The van der Waals surface area contributed by atoms with Gasteiger partial charge >= 0.3 is 0 Å². The quantitative estimate of drug-likeness (QED) is 0.755. The van der Waals surface area contributed by atoms with E-state index in [2.05, 4.69) is 32.5 Å². The first-order chi connectivity index (χ1) is 11.8. The lowest BCUT2D eigenvalue weighted by Gasteiger charge is -2.31. The Morgan fingerprint density at radius 1 is 1.17 bits per heavy atom. The van der Waals surface area contributed by atoms with Crippen molar-refractivity contribution < 1.29 is 0 Å². The standard InChI is InChI=1S/C18H20N6/c19-15-8-14(9-15)16-10-18(22-12-21-16)20-11-13-4-1-2-5-17(13)24-7-3-6-23-24/h1-7,10,12,14-15H,8-9,11,19H2,(H,20,21,22). The molecule has 24 heavy (non-hydrogen) atoms. The van der Waals surface area contributed by atoms with Crippen molar-refractivity contribution in [3.05, 3.63) is 66.4 Å². The summed E-state index contributed by atoms with van der Waals surface area (Å²) in [5, 5.41) is 7.71. The molecule has 0 atom stereocenters. The number of aromatic nitrogens is 4. The van der Waals surface area contributed by atoms with E-state index in [-0.39, 0.29) is 0 Å². The van der Waals surface area contributed by atoms with Crippen molar-refractivity contribution in [1.82, 2.24) is 19.7 Å². The first kappa shape index (κ1) is 14.8. The maximum Gasteiger partial charge on any atom is 0.129 e. The molecule has 122 valence electrons. The Bertz CT molecular complexity index is 808. The Kier molecular flexibility index (Phi) is 3.96. The molecule has 1 fully saturated rings. The first-order valence-electron chi connectivity index (χ1n) is 8.19. The van der Waals surface area contributed by atoms with Crippen molar-refractivity contribution in [3.8, 4) is 5.69 Å². The van der Waals surface area contributed by atoms with Gasteiger partial charge in [-0.1, -0.05) is 18.2 Å². The van der Waals surface area contributed by atoms with Crippen molar-refractivity contribution >= 4 is 5.82 Å². The average Bonchev–Trinajstić information content (AvgIpc) is 3.12. The van der Waals surface area contributed by atoms with Gasteiger partial charge in [-0.2, -0.15) is 5.10 Å². The van der Waals surface area contributed by atoms with Crippen LogP contribution in [-0.4, -0.2) is 25.8 Å². The van der Waals surface area contributed by atoms with E-state index < -0.39 is 0 Å². The SMILES string of the molecule is NC1CC(c2cc(NCc3ccccc3-n3cccn3)ncn2)C1. The minimum atomic E-state index is 0.322. The topological polar surface area (TPSA) is 81.6 Å². The summed E-state index contributed by atoms with van der Waals surface area (Å²) >= 11 is 0. The monoisotopic (exact) mass is 320 g/mol. The number of anilines is 1. The maximum atomic E-state index is 5.87. The number of benzene rings is 1. The van der Waals surface area contributed by atoms with Gasteiger partial charge < -0.3 is 11.1 Å². The van der Waals surface area contributed by atoms with Gasteiger partial charge in [0.05, 0.1) is 5.69 Å². The fraction of sp³-hybridized carbons (Fsp3) is 0.278. The van der Waals surface area contributed by atoms with Crippen LogP contribution >= 0.6 is 0 Å². The molecule has 4 rings (SSSR count). The van der Waals surface area contributed by atoms with Crippen LogP contribution in [0.4, 0.5) is 5.82 Å². The number of para-hydroxylation sites is 1. The smallest absolute Gasteiger partial charge is 0.129 e. The minimum absolute atomic E-state index is 0.322. The molecule has 0 aliphatic heterocycles. The van der Waals surface area contributed by atoms with Gasteiger partial charge in [0.15, 0.2) is 0 Å². The third kappa shape index (κ3) is 3.00. The summed E-state index contributed by atoms with van der Waals surface area (Å²) in [5.74, 6) is 1.32. The number of rotatable bonds is 5. The summed E-state index contributed by atoms with van der Waals surface area (Å²) in [4.78, 5) is 8.72. The van der Waals surface area contributed by atoms with E-state index in [4.69, 9.17) is 5.73 Å². The largest absolute Gasteiger partial charge is 0.366 e. The highest BCUT2D eigenvalue weighted by atomic mass is 15.3. The number of nitrogens with two attached hydrogens (primary N) is 1. The molecule has 6 nitrogen and oxygen atoms in total. The molecule has 6 heteroatoms. The van der Waals surface area contributed by atoms with Crippen molar-refractivity contribution in [3.63, 3.8) is 0 Å². The van der Waals surface area contributed by atoms with Crippen LogP contribution < -0.4 is 11.1 Å². The molecule has 2 aromatic heterocycles. The fourth-order valence-corrected chi connectivity index (χ4v) is 3.08. The lowest BCUT2D eigenvalue weighted by atomic mass is 9.79. The van der Waals surface area contributed by atoms with E-state index in [9.17, 15) is 0 Å². The summed E-state index contributed by atoms with van der Waals surface area (Å²) in [7, 11) is 0. The number of hydrogen-bond acceptors (Lipinski definition) is 5. The number of nitrogens with zero attached hydrogens (tertiary/aromatic N) is 4. The van der Waals surface area contributed by atoms with Gasteiger partial charge in [-0.25, -0.2) is 14.6 Å². The van der Waals surface area contributed by atoms with Crippen LogP contribution in [-0.2, 0) is 6.54 Å². The van der Waals surface area contributed by atoms with Crippen molar-refractivity contribution in [2.45, 2.75) is 31.3 Å². The Labute approximate surface area is 140 Å². The average molecular weight is 320 g/mol. The molecule has 0 bridgehead atoms. The van der Waals surface area contributed by atoms with Gasteiger partial charge in [-0.15, -0.1) is 0 Å². The van der Waals surface area contributed by atoms with Gasteiger partial charge in [0.25, 0.3) is 0 Å². The van der Waals surface area contributed by atoms with Crippen LogP contribution in [0.3, 0.4) is 0 Å². The lowest BCUT2D eigenvalue weighted by molar-refractivity contribution is 0.345. The second kappa shape index (κ2) is 6.41. The Balaban J connectivity index is 1.49. The highest BCUT2D eigenvalue weighted by Gasteiger charge is 2.28. The summed E-state index contributed by atoms with van der Waals surface area (Å²) < 4.78 is 1.87.